The van der Waals surface area contributed by atoms with E-state index < -0.39 is 24.5 Å². The van der Waals surface area contributed by atoms with Crippen LogP contribution >= 0.6 is 11.3 Å². The average molecular weight is 443 g/mol. The predicted octanol–water partition coefficient (Wildman–Crippen LogP) is 2.35. The second-order valence-electron chi connectivity index (χ2n) is 6.84. The summed E-state index contributed by atoms with van der Waals surface area (Å²) >= 11 is 1.23. The van der Waals surface area contributed by atoms with Gasteiger partial charge < -0.3 is 14.8 Å². The topological polar surface area (TPSA) is 117 Å². The number of aryl methyl sites for hydroxylation is 2. The van der Waals surface area contributed by atoms with Gasteiger partial charge in [-0.15, -0.1) is 11.3 Å². The third-order valence-electron chi connectivity index (χ3n) is 4.75. The van der Waals surface area contributed by atoms with Crippen LogP contribution in [0.4, 0.5) is 5.00 Å². The molecule has 0 atom stereocenters. The first-order valence-corrected chi connectivity index (χ1v) is 10.1. The normalized spacial score (nSPS) is 10.7. The molecule has 9 nitrogen and oxygen atoms in total. The Hall–Kier alpha value is -3.53. The largest absolute Gasteiger partial charge is 0.465 e. The Kier molecular flexibility index (Phi) is 6.50. The van der Waals surface area contributed by atoms with Gasteiger partial charge in [-0.25, -0.2) is 9.78 Å². The highest BCUT2D eigenvalue weighted by Gasteiger charge is 2.22. The second kappa shape index (κ2) is 9.09. The molecule has 3 aromatic rings. The lowest BCUT2D eigenvalue weighted by molar-refractivity contribution is -0.147. The van der Waals surface area contributed by atoms with Gasteiger partial charge in [-0.05, 0) is 38.0 Å². The standard InChI is InChI=1S/C21H21N3O6S/c1-11-6-5-7-14-18(11)22-10-24(20(14)27)8-16(26)30-9-15(25)23-19-17(21(28)29-4)12(2)13(3)31-19/h5-7,10H,8-9H2,1-4H3,(H,23,25). The lowest BCUT2D eigenvalue weighted by atomic mass is 10.1. The molecular formula is C21H21N3O6S. The predicted molar refractivity (Wildman–Crippen MR) is 115 cm³/mol. The molecule has 2 aromatic heterocycles. The molecule has 0 saturated carbocycles. The number of nitrogens with one attached hydrogen (secondary N) is 1. The summed E-state index contributed by atoms with van der Waals surface area (Å²) in [6.45, 7) is 4.47. The number of thiophene rings is 1. The van der Waals surface area contributed by atoms with E-state index in [9.17, 15) is 19.2 Å². The highest BCUT2D eigenvalue weighted by Crippen LogP contribution is 2.32. The summed E-state index contributed by atoms with van der Waals surface area (Å²) in [7, 11) is 1.26. The highest BCUT2D eigenvalue weighted by atomic mass is 32.1. The maximum atomic E-state index is 12.6. The van der Waals surface area contributed by atoms with Crippen LogP contribution in [0.5, 0.6) is 0 Å². The summed E-state index contributed by atoms with van der Waals surface area (Å²) in [6.07, 6.45) is 1.28. The Morgan fingerprint density at radius 1 is 1.19 bits per heavy atom. The molecule has 2 heterocycles. The second-order valence-corrected chi connectivity index (χ2v) is 8.06. The molecule has 31 heavy (non-hydrogen) atoms. The van der Waals surface area contributed by atoms with Crippen LogP contribution in [0.25, 0.3) is 10.9 Å². The van der Waals surface area contributed by atoms with Crippen LogP contribution in [-0.4, -0.2) is 41.1 Å². The van der Waals surface area contributed by atoms with Gasteiger partial charge >= 0.3 is 11.9 Å². The van der Waals surface area contributed by atoms with Crippen molar-refractivity contribution in [3.63, 3.8) is 0 Å². The molecule has 0 bridgehead atoms. The zero-order valence-corrected chi connectivity index (χ0v) is 18.3. The number of methoxy groups -OCH3 is 1. The number of anilines is 1. The maximum absolute atomic E-state index is 12.6. The molecule has 0 aliphatic rings. The van der Waals surface area contributed by atoms with Crippen molar-refractivity contribution in [1.82, 2.24) is 9.55 Å². The molecule has 0 fully saturated rings. The number of carbonyl (C=O) groups is 3. The van der Waals surface area contributed by atoms with Crippen molar-refractivity contribution in [3.05, 3.63) is 56.4 Å². The first kappa shape index (κ1) is 22.2. The Labute approximate surface area is 181 Å². The van der Waals surface area contributed by atoms with Crippen LogP contribution in [0.1, 0.15) is 26.4 Å². The Morgan fingerprint density at radius 2 is 1.94 bits per heavy atom. The van der Waals surface area contributed by atoms with E-state index in [1.165, 1.54) is 24.8 Å². The van der Waals surface area contributed by atoms with E-state index in [1.54, 1.807) is 19.1 Å². The summed E-state index contributed by atoms with van der Waals surface area (Å²) in [5.41, 5.74) is 2.03. The van der Waals surface area contributed by atoms with E-state index >= 15 is 0 Å². The fourth-order valence-corrected chi connectivity index (χ4v) is 4.07. The maximum Gasteiger partial charge on any atom is 0.341 e. The minimum absolute atomic E-state index is 0.272. The van der Waals surface area contributed by atoms with Crippen molar-refractivity contribution in [3.8, 4) is 0 Å². The number of amides is 1. The molecule has 0 saturated heterocycles. The zero-order valence-electron chi connectivity index (χ0n) is 17.5. The van der Waals surface area contributed by atoms with Gasteiger partial charge in [0.2, 0.25) is 0 Å². The van der Waals surface area contributed by atoms with Gasteiger partial charge in [-0.1, -0.05) is 12.1 Å². The number of hydrogen-bond acceptors (Lipinski definition) is 8. The van der Waals surface area contributed by atoms with Gasteiger partial charge in [0.05, 0.1) is 29.9 Å². The fraction of sp³-hybridized carbons (Fsp3) is 0.286. The molecule has 0 aliphatic carbocycles. The Bertz CT molecular complexity index is 1240. The van der Waals surface area contributed by atoms with Crippen LogP contribution < -0.4 is 10.9 Å². The summed E-state index contributed by atoms with van der Waals surface area (Å²) in [6, 6.07) is 5.22. The first-order chi connectivity index (χ1) is 14.7. The number of hydrogen-bond donors (Lipinski definition) is 1. The van der Waals surface area contributed by atoms with Crippen molar-refractivity contribution in [2.45, 2.75) is 27.3 Å². The Balaban J connectivity index is 1.64. The Morgan fingerprint density at radius 3 is 2.65 bits per heavy atom. The smallest absolute Gasteiger partial charge is 0.341 e. The SMILES string of the molecule is COC(=O)c1c(NC(=O)COC(=O)Cn2cnc3c(C)cccc3c2=O)sc(C)c1C. The van der Waals surface area contributed by atoms with Gasteiger partial charge in [-0.2, -0.15) is 0 Å². The monoisotopic (exact) mass is 443 g/mol. The molecule has 162 valence electrons. The lowest BCUT2D eigenvalue weighted by Gasteiger charge is -2.09. The minimum Gasteiger partial charge on any atom is -0.465 e. The van der Waals surface area contributed by atoms with Crippen LogP contribution in [0.2, 0.25) is 0 Å². The number of fused-ring (bicyclic) bond motifs is 1. The molecule has 1 N–H and O–H groups in total. The number of carbonyl (C=O) groups excluding carboxylic acids is 3. The van der Waals surface area contributed by atoms with Crippen LogP contribution in [0.15, 0.2) is 29.3 Å². The van der Waals surface area contributed by atoms with Crippen molar-refractivity contribution < 1.29 is 23.9 Å². The number of para-hydroxylation sites is 1. The van der Waals surface area contributed by atoms with Crippen LogP contribution in [0, 0.1) is 20.8 Å². The van der Waals surface area contributed by atoms with Crippen molar-refractivity contribution in [2.24, 2.45) is 0 Å². The van der Waals surface area contributed by atoms with E-state index in [0.29, 0.717) is 21.5 Å². The van der Waals surface area contributed by atoms with Gasteiger partial charge in [-0.3, -0.25) is 19.0 Å². The third-order valence-corrected chi connectivity index (χ3v) is 5.87. The molecule has 0 spiro atoms. The van der Waals surface area contributed by atoms with E-state index in [-0.39, 0.29) is 17.7 Å². The molecule has 1 amide bonds. The molecule has 0 aliphatic heterocycles. The summed E-state index contributed by atoms with van der Waals surface area (Å²) in [4.78, 5) is 54.0. The molecular weight excluding hydrogens is 422 g/mol. The average Bonchev–Trinajstić information content (AvgIpc) is 3.01. The van der Waals surface area contributed by atoms with Gasteiger partial charge in [0.15, 0.2) is 6.61 Å². The number of aromatic nitrogens is 2. The third kappa shape index (κ3) is 4.64. The van der Waals surface area contributed by atoms with E-state index in [1.807, 2.05) is 19.9 Å². The van der Waals surface area contributed by atoms with Crippen LogP contribution in [-0.2, 0) is 25.6 Å². The lowest BCUT2D eigenvalue weighted by Crippen LogP contribution is -2.28. The first-order valence-electron chi connectivity index (χ1n) is 9.31. The summed E-state index contributed by atoms with van der Waals surface area (Å²) in [5.74, 6) is -1.94. The minimum atomic E-state index is -0.766. The number of ether oxygens (including phenoxy) is 2. The molecule has 1 aromatic carbocycles. The van der Waals surface area contributed by atoms with Crippen molar-refractivity contribution >= 4 is 45.1 Å². The number of nitrogens with zero attached hydrogens (tertiary/aromatic N) is 2. The van der Waals surface area contributed by atoms with Crippen molar-refractivity contribution in [1.29, 1.82) is 0 Å². The molecule has 0 unspecified atom stereocenters. The summed E-state index contributed by atoms with van der Waals surface area (Å²) < 4.78 is 10.9. The molecule has 3 rings (SSSR count). The molecule has 10 heteroatoms. The van der Waals surface area contributed by atoms with Gasteiger partial charge in [0.1, 0.15) is 11.5 Å². The van der Waals surface area contributed by atoms with E-state index in [2.05, 4.69) is 10.3 Å². The number of benzene rings is 1. The van der Waals surface area contributed by atoms with Crippen molar-refractivity contribution in [2.75, 3.05) is 19.0 Å². The van der Waals surface area contributed by atoms with Gasteiger partial charge in [0.25, 0.3) is 11.5 Å². The van der Waals surface area contributed by atoms with E-state index in [0.717, 1.165) is 15.0 Å². The van der Waals surface area contributed by atoms with E-state index in [4.69, 9.17) is 9.47 Å². The van der Waals surface area contributed by atoms with Gasteiger partial charge in [0, 0.05) is 4.88 Å². The fourth-order valence-electron chi connectivity index (χ4n) is 3.01. The molecule has 0 radical (unpaired) electrons. The summed E-state index contributed by atoms with van der Waals surface area (Å²) in [5, 5.41) is 3.29. The number of esters is 2. The zero-order chi connectivity index (χ0) is 22.7. The number of rotatable bonds is 6. The quantitative estimate of drug-likeness (QED) is 0.581. The highest BCUT2D eigenvalue weighted by molar-refractivity contribution is 7.16. The van der Waals surface area contributed by atoms with Crippen LogP contribution in [0.3, 0.4) is 0 Å².